The van der Waals surface area contributed by atoms with E-state index < -0.39 is 17.5 Å². The number of nitrogens with one attached hydrogen (secondary N) is 1. The van der Waals surface area contributed by atoms with Gasteiger partial charge in [0, 0.05) is 11.8 Å². The molecular weight excluding hydrogens is 278 g/mol. The number of nitrogens with two attached hydrogens (primary N) is 1. The normalized spacial score (nSPS) is 10.2. The zero-order chi connectivity index (χ0) is 15.4. The van der Waals surface area contributed by atoms with Gasteiger partial charge in [0.05, 0.1) is 5.69 Å². The third kappa shape index (κ3) is 3.92. The van der Waals surface area contributed by atoms with E-state index in [0.29, 0.717) is 17.5 Å². The average Bonchev–Trinajstić information content (AvgIpc) is 2.41. The predicted octanol–water partition coefficient (Wildman–Crippen LogP) is 2.87. The van der Waals surface area contributed by atoms with Crippen molar-refractivity contribution in [1.29, 1.82) is 0 Å². The molecule has 0 atom stereocenters. The predicted molar refractivity (Wildman–Crippen MR) is 76.1 cm³/mol. The van der Waals surface area contributed by atoms with Crippen LogP contribution in [-0.4, -0.2) is 12.5 Å². The largest absolute Gasteiger partial charge is 0.483 e. The van der Waals surface area contributed by atoms with Gasteiger partial charge in [-0.15, -0.1) is 0 Å². The van der Waals surface area contributed by atoms with E-state index in [9.17, 15) is 13.6 Å². The molecule has 0 saturated carbocycles. The number of carbonyl (C=O) groups is 1. The molecule has 0 aliphatic rings. The van der Waals surface area contributed by atoms with Gasteiger partial charge in [-0.1, -0.05) is 0 Å². The van der Waals surface area contributed by atoms with Crippen LogP contribution in [0, 0.1) is 18.6 Å². The first-order valence-electron chi connectivity index (χ1n) is 6.19. The molecule has 3 N–H and O–H groups in total. The van der Waals surface area contributed by atoms with Gasteiger partial charge in [-0.2, -0.15) is 0 Å². The number of hydrogen-bond donors (Lipinski definition) is 2. The number of ether oxygens (including phenoxy) is 1. The lowest BCUT2D eigenvalue weighted by atomic mass is 10.2. The van der Waals surface area contributed by atoms with E-state index in [4.69, 9.17) is 10.5 Å². The SMILES string of the molecule is Cc1cc(N)ccc1OCC(=O)Nc1ccc(F)cc1F. The van der Waals surface area contributed by atoms with Gasteiger partial charge in [0.1, 0.15) is 17.4 Å². The van der Waals surface area contributed by atoms with Crippen LogP contribution >= 0.6 is 0 Å². The summed E-state index contributed by atoms with van der Waals surface area (Å²) in [5, 5.41) is 2.31. The molecule has 0 fully saturated rings. The highest BCUT2D eigenvalue weighted by Gasteiger charge is 2.09. The Hall–Kier alpha value is -2.63. The standard InChI is InChI=1S/C15H14F2N2O2/c1-9-6-11(18)3-5-14(9)21-8-15(20)19-13-4-2-10(16)7-12(13)17/h2-7H,8,18H2,1H3,(H,19,20). The molecule has 0 aliphatic carbocycles. The number of halogens is 2. The van der Waals surface area contributed by atoms with Gasteiger partial charge in [-0.25, -0.2) is 8.78 Å². The average molecular weight is 292 g/mol. The molecule has 21 heavy (non-hydrogen) atoms. The lowest BCUT2D eigenvalue weighted by molar-refractivity contribution is -0.118. The second-order valence-electron chi connectivity index (χ2n) is 4.49. The van der Waals surface area contributed by atoms with Crippen LogP contribution in [0.15, 0.2) is 36.4 Å². The third-order valence-electron chi connectivity index (χ3n) is 2.76. The van der Waals surface area contributed by atoms with E-state index in [1.165, 1.54) is 0 Å². The summed E-state index contributed by atoms with van der Waals surface area (Å²) in [5.74, 6) is -1.58. The fourth-order valence-electron chi connectivity index (χ4n) is 1.75. The van der Waals surface area contributed by atoms with E-state index >= 15 is 0 Å². The molecule has 110 valence electrons. The molecule has 2 aromatic carbocycles. The Balaban J connectivity index is 1.96. The molecule has 0 aromatic heterocycles. The molecule has 0 radical (unpaired) electrons. The van der Waals surface area contributed by atoms with E-state index in [1.54, 1.807) is 25.1 Å². The van der Waals surface area contributed by atoms with Gasteiger partial charge >= 0.3 is 0 Å². The van der Waals surface area contributed by atoms with Crippen LogP contribution in [0.25, 0.3) is 0 Å². The fraction of sp³-hybridized carbons (Fsp3) is 0.133. The summed E-state index contributed by atoms with van der Waals surface area (Å²) in [4.78, 5) is 11.7. The third-order valence-corrected chi connectivity index (χ3v) is 2.76. The van der Waals surface area contributed by atoms with Gasteiger partial charge in [-0.05, 0) is 42.8 Å². The van der Waals surface area contributed by atoms with Gasteiger partial charge in [-0.3, -0.25) is 4.79 Å². The zero-order valence-electron chi connectivity index (χ0n) is 11.3. The number of amides is 1. The highest BCUT2D eigenvalue weighted by Crippen LogP contribution is 2.20. The Morgan fingerprint density at radius 1 is 1.24 bits per heavy atom. The topological polar surface area (TPSA) is 64.3 Å². The minimum Gasteiger partial charge on any atom is -0.483 e. The smallest absolute Gasteiger partial charge is 0.262 e. The van der Waals surface area contributed by atoms with E-state index in [1.807, 2.05) is 0 Å². The maximum Gasteiger partial charge on any atom is 0.262 e. The summed E-state index contributed by atoms with van der Waals surface area (Å²) in [5.41, 5.74) is 6.89. The first-order chi connectivity index (χ1) is 9.95. The fourth-order valence-corrected chi connectivity index (χ4v) is 1.75. The number of aryl methyl sites for hydroxylation is 1. The van der Waals surface area contributed by atoms with E-state index in [2.05, 4.69) is 5.32 Å². The van der Waals surface area contributed by atoms with E-state index in [-0.39, 0.29) is 12.3 Å². The van der Waals surface area contributed by atoms with Crippen LogP contribution in [0.1, 0.15) is 5.56 Å². The molecule has 2 rings (SSSR count). The minimum atomic E-state index is -0.841. The monoisotopic (exact) mass is 292 g/mol. The minimum absolute atomic E-state index is 0.0981. The van der Waals surface area contributed by atoms with E-state index in [0.717, 1.165) is 17.7 Å². The summed E-state index contributed by atoms with van der Waals surface area (Å²) < 4.78 is 31.4. The summed E-state index contributed by atoms with van der Waals surface area (Å²) in [7, 11) is 0. The quantitative estimate of drug-likeness (QED) is 0.852. The van der Waals surface area contributed by atoms with Crippen molar-refractivity contribution in [3.05, 3.63) is 53.6 Å². The van der Waals surface area contributed by atoms with Gasteiger partial charge in [0.25, 0.3) is 5.91 Å². The van der Waals surface area contributed by atoms with Crippen molar-refractivity contribution < 1.29 is 18.3 Å². The Labute approximate surface area is 120 Å². The number of carbonyl (C=O) groups excluding carboxylic acids is 1. The van der Waals surface area contributed by atoms with Crippen molar-refractivity contribution in [2.45, 2.75) is 6.92 Å². The Kier molecular flexibility index (Phi) is 4.37. The van der Waals surface area contributed by atoms with Crippen molar-refractivity contribution in [2.24, 2.45) is 0 Å². The van der Waals surface area contributed by atoms with Crippen molar-refractivity contribution in [3.63, 3.8) is 0 Å². The van der Waals surface area contributed by atoms with Crippen LogP contribution in [-0.2, 0) is 4.79 Å². The molecule has 1 amide bonds. The number of benzene rings is 2. The molecule has 6 heteroatoms. The Morgan fingerprint density at radius 3 is 2.67 bits per heavy atom. The number of nitrogen functional groups attached to an aromatic ring is 1. The lowest BCUT2D eigenvalue weighted by Crippen LogP contribution is -2.21. The van der Waals surface area contributed by atoms with Gasteiger partial charge < -0.3 is 15.8 Å². The second-order valence-corrected chi connectivity index (χ2v) is 4.49. The molecule has 0 bridgehead atoms. The molecule has 0 heterocycles. The second kappa shape index (κ2) is 6.21. The Morgan fingerprint density at radius 2 is 2.00 bits per heavy atom. The van der Waals surface area contributed by atoms with Crippen LogP contribution in [0.5, 0.6) is 5.75 Å². The maximum absolute atomic E-state index is 13.4. The van der Waals surface area contributed by atoms with Crippen molar-refractivity contribution in [1.82, 2.24) is 0 Å². The summed E-state index contributed by atoms with van der Waals surface area (Å²) in [6.07, 6.45) is 0. The maximum atomic E-state index is 13.4. The zero-order valence-corrected chi connectivity index (χ0v) is 11.3. The number of hydrogen-bond acceptors (Lipinski definition) is 3. The van der Waals surface area contributed by atoms with Gasteiger partial charge in [0.15, 0.2) is 6.61 Å². The molecule has 0 aliphatic heterocycles. The van der Waals surface area contributed by atoms with Crippen LogP contribution in [0.3, 0.4) is 0 Å². The van der Waals surface area contributed by atoms with Crippen LogP contribution in [0.2, 0.25) is 0 Å². The van der Waals surface area contributed by atoms with Crippen molar-refractivity contribution in [3.8, 4) is 5.75 Å². The summed E-state index contributed by atoms with van der Waals surface area (Å²) >= 11 is 0. The molecule has 0 spiro atoms. The van der Waals surface area contributed by atoms with Gasteiger partial charge in [0.2, 0.25) is 0 Å². The molecule has 4 nitrogen and oxygen atoms in total. The highest BCUT2D eigenvalue weighted by atomic mass is 19.1. The van der Waals surface area contributed by atoms with Crippen LogP contribution in [0.4, 0.5) is 20.2 Å². The molecular formula is C15H14F2N2O2. The molecule has 0 unspecified atom stereocenters. The highest BCUT2D eigenvalue weighted by molar-refractivity contribution is 5.92. The molecule has 2 aromatic rings. The number of rotatable bonds is 4. The first kappa shape index (κ1) is 14.8. The first-order valence-corrected chi connectivity index (χ1v) is 6.19. The van der Waals surface area contributed by atoms with Crippen molar-refractivity contribution in [2.75, 3.05) is 17.7 Å². The number of anilines is 2. The lowest BCUT2D eigenvalue weighted by Gasteiger charge is -2.10. The van der Waals surface area contributed by atoms with Crippen LogP contribution < -0.4 is 15.8 Å². The summed E-state index contributed by atoms with van der Waals surface area (Å²) in [6, 6.07) is 7.92. The van der Waals surface area contributed by atoms with Crippen molar-refractivity contribution >= 4 is 17.3 Å². The molecule has 0 saturated heterocycles. The Bertz CT molecular complexity index is 675. The summed E-state index contributed by atoms with van der Waals surface area (Å²) in [6.45, 7) is 1.50.